The Morgan fingerprint density at radius 2 is 2.24 bits per heavy atom. The molecule has 0 aliphatic heterocycles. The first kappa shape index (κ1) is 15.2. The van der Waals surface area contributed by atoms with E-state index in [9.17, 15) is 4.79 Å². The molecule has 0 saturated heterocycles. The number of carbonyl (C=O) groups is 1. The monoisotopic (exact) mass is 288 g/mol. The van der Waals surface area contributed by atoms with E-state index in [1.54, 1.807) is 6.20 Å². The van der Waals surface area contributed by atoms with Crippen molar-refractivity contribution in [1.82, 2.24) is 15.0 Å². The van der Waals surface area contributed by atoms with Gasteiger partial charge < -0.3 is 10.4 Å². The van der Waals surface area contributed by atoms with E-state index in [4.69, 9.17) is 5.11 Å². The first-order valence-electron chi connectivity index (χ1n) is 7.02. The second-order valence-electron chi connectivity index (χ2n) is 4.89. The van der Waals surface area contributed by atoms with Gasteiger partial charge in [0.05, 0.1) is 5.69 Å². The third-order valence-electron chi connectivity index (χ3n) is 3.26. The zero-order valence-corrected chi connectivity index (χ0v) is 12.3. The van der Waals surface area contributed by atoms with Crippen LogP contribution in [0.1, 0.15) is 23.7 Å². The summed E-state index contributed by atoms with van der Waals surface area (Å²) in [4.78, 5) is 12.1. The van der Waals surface area contributed by atoms with Crippen LogP contribution in [0.4, 0.5) is 5.69 Å². The van der Waals surface area contributed by atoms with Crippen LogP contribution in [-0.4, -0.2) is 32.6 Å². The molecule has 6 nitrogen and oxygen atoms in total. The molecule has 0 aliphatic rings. The lowest BCUT2D eigenvalue weighted by atomic mass is 10.1. The Balaban J connectivity index is 2.04. The lowest BCUT2D eigenvalue weighted by Crippen LogP contribution is -2.20. The van der Waals surface area contributed by atoms with Gasteiger partial charge in [0, 0.05) is 24.9 Å². The molecule has 0 unspecified atom stereocenters. The van der Waals surface area contributed by atoms with Crippen molar-refractivity contribution in [2.75, 3.05) is 11.9 Å². The summed E-state index contributed by atoms with van der Waals surface area (Å²) in [5, 5.41) is 19.5. The fourth-order valence-corrected chi connectivity index (χ4v) is 2.17. The molecule has 112 valence electrons. The number of anilines is 1. The van der Waals surface area contributed by atoms with Gasteiger partial charge in [-0.1, -0.05) is 30.3 Å². The lowest BCUT2D eigenvalue weighted by Gasteiger charge is -2.12. The van der Waals surface area contributed by atoms with Crippen molar-refractivity contribution >= 4 is 11.6 Å². The van der Waals surface area contributed by atoms with E-state index < -0.39 is 0 Å². The van der Waals surface area contributed by atoms with Gasteiger partial charge in [-0.3, -0.25) is 4.79 Å². The minimum absolute atomic E-state index is 0.0218. The van der Waals surface area contributed by atoms with Gasteiger partial charge in [-0.2, -0.15) is 0 Å². The van der Waals surface area contributed by atoms with Crippen LogP contribution >= 0.6 is 0 Å². The van der Waals surface area contributed by atoms with E-state index in [-0.39, 0.29) is 19.1 Å². The maximum Gasteiger partial charge on any atom is 0.246 e. The van der Waals surface area contributed by atoms with E-state index in [1.807, 2.05) is 25.1 Å². The number of amides is 1. The fourth-order valence-electron chi connectivity index (χ4n) is 2.17. The number of nitrogens with one attached hydrogen (secondary N) is 1. The molecule has 2 aromatic rings. The predicted octanol–water partition coefficient (Wildman–Crippen LogP) is 1.32. The summed E-state index contributed by atoms with van der Waals surface area (Å²) in [7, 11) is 0. The van der Waals surface area contributed by atoms with E-state index in [1.165, 1.54) is 4.68 Å². The first-order chi connectivity index (χ1) is 10.1. The van der Waals surface area contributed by atoms with Crippen LogP contribution in [0, 0.1) is 6.92 Å². The molecular formula is C15H20N4O2. The van der Waals surface area contributed by atoms with Crippen molar-refractivity contribution in [1.29, 1.82) is 0 Å². The molecule has 0 atom stereocenters. The number of nitrogens with zero attached hydrogens (tertiary/aromatic N) is 3. The summed E-state index contributed by atoms with van der Waals surface area (Å²) < 4.78 is 1.48. The quantitative estimate of drug-likeness (QED) is 0.840. The smallest absolute Gasteiger partial charge is 0.246 e. The molecule has 0 bridgehead atoms. The number of benzene rings is 1. The maximum atomic E-state index is 12.1. The highest BCUT2D eigenvalue weighted by Gasteiger charge is 2.10. The van der Waals surface area contributed by atoms with E-state index in [0.717, 1.165) is 23.2 Å². The molecule has 21 heavy (non-hydrogen) atoms. The van der Waals surface area contributed by atoms with Gasteiger partial charge in [0.1, 0.15) is 6.54 Å². The highest BCUT2D eigenvalue weighted by molar-refractivity contribution is 5.92. The summed E-state index contributed by atoms with van der Waals surface area (Å²) in [5.41, 5.74) is 3.71. The van der Waals surface area contributed by atoms with Crippen LogP contribution in [0.2, 0.25) is 0 Å². The fraction of sp³-hybridized carbons (Fsp3) is 0.400. The molecule has 1 heterocycles. The zero-order chi connectivity index (χ0) is 15.2. The van der Waals surface area contributed by atoms with Gasteiger partial charge >= 0.3 is 0 Å². The average molecular weight is 288 g/mol. The summed E-state index contributed by atoms with van der Waals surface area (Å²) >= 11 is 0. The molecule has 0 saturated carbocycles. The van der Waals surface area contributed by atoms with Gasteiger partial charge in [-0.05, 0) is 24.5 Å². The lowest BCUT2D eigenvalue weighted by molar-refractivity contribution is -0.116. The van der Waals surface area contributed by atoms with E-state index >= 15 is 0 Å². The Labute approximate surface area is 123 Å². The summed E-state index contributed by atoms with van der Waals surface area (Å²) in [5.74, 6) is -0.139. The average Bonchev–Trinajstić information content (AvgIpc) is 2.88. The van der Waals surface area contributed by atoms with Crippen LogP contribution < -0.4 is 5.32 Å². The number of hydrogen-bond acceptors (Lipinski definition) is 4. The Morgan fingerprint density at radius 1 is 1.43 bits per heavy atom. The van der Waals surface area contributed by atoms with Crippen molar-refractivity contribution in [2.45, 2.75) is 33.2 Å². The molecular weight excluding hydrogens is 268 g/mol. The highest BCUT2D eigenvalue weighted by Crippen LogP contribution is 2.20. The summed E-state index contributed by atoms with van der Waals surface area (Å²) in [6.07, 6.45) is 2.98. The second-order valence-corrected chi connectivity index (χ2v) is 4.89. The minimum atomic E-state index is -0.139. The number of aryl methyl sites for hydroxylation is 2. The highest BCUT2D eigenvalue weighted by atomic mass is 16.3. The van der Waals surface area contributed by atoms with Crippen molar-refractivity contribution in [3.63, 3.8) is 0 Å². The van der Waals surface area contributed by atoms with Crippen molar-refractivity contribution in [3.8, 4) is 0 Å². The van der Waals surface area contributed by atoms with Crippen LogP contribution in [0.15, 0.2) is 24.4 Å². The van der Waals surface area contributed by atoms with Crippen molar-refractivity contribution in [2.24, 2.45) is 0 Å². The van der Waals surface area contributed by atoms with Gasteiger partial charge in [0.2, 0.25) is 5.91 Å². The number of carbonyl (C=O) groups excluding carboxylic acids is 1. The van der Waals surface area contributed by atoms with Gasteiger partial charge in [-0.15, -0.1) is 5.10 Å². The third kappa shape index (κ3) is 3.88. The van der Waals surface area contributed by atoms with Crippen molar-refractivity contribution in [3.05, 3.63) is 41.2 Å². The topological polar surface area (TPSA) is 80.0 Å². The second kappa shape index (κ2) is 6.99. The molecule has 1 aromatic carbocycles. The molecule has 0 spiro atoms. The van der Waals surface area contributed by atoms with E-state index in [0.29, 0.717) is 12.1 Å². The number of aromatic nitrogens is 3. The molecule has 1 aromatic heterocycles. The predicted molar refractivity (Wildman–Crippen MR) is 80.0 cm³/mol. The van der Waals surface area contributed by atoms with Crippen LogP contribution in [0.3, 0.4) is 0 Å². The Hall–Kier alpha value is -2.21. The van der Waals surface area contributed by atoms with Crippen LogP contribution in [-0.2, 0) is 24.2 Å². The SMILES string of the molecule is CCc1cccc(C)c1NC(=O)Cn1cc(CCO)nn1. The van der Waals surface area contributed by atoms with E-state index in [2.05, 4.69) is 22.6 Å². The van der Waals surface area contributed by atoms with Crippen LogP contribution in [0.25, 0.3) is 0 Å². The maximum absolute atomic E-state index is 12.1. The number of para-hydroxylation sites is 1. The first-order valence-corrected chi connectivity index (χ1v) is 7.02. The third-order valence-corrected chi connectivity index (χ3v) is 3.26. The molecule has 0 radical (unpaired) electrons. The Bertz CT molecular complexity index is 622. The minimum Gasteiger partial charge on any atom is -0.396 e. The number of hydrogen-bond donors (Lipinski definition) is 2. The zero-order valence-electron chi connectivity index (χ0n) is 12.3. The summed E-state index contributed by atoms with van der Waals surface area (Å²) in [6.45, 7) is 4.16. The largest absolute Gasteiger partial charge is 0.396 e. The number of rotatable bonds is 6. The molecule has 1 amide bonds. The molecule has 0 aliphatic carbocycles. The van der Waals surface area contributed by atoms with Crippen molar-refractivity contribution < 1.29 is 9.90 Å². The standard InChI is InChI=1S/C15H20N4O2/c1-3-12-6-4-5-11(2)15(12)16-14(21)10-19-9-13(7-8-20)17-18-19/h4-6,9,20H,3,7-8,10H2,1-2H3,(H,16,21). The number of aliphatic hydroxyl groups excluding tert-OH is 1. The van der Waals surface area contributed by atoms with Gasteiger partial charge in [0.25, 0.3) is 0 Å². The number of aliphatic hydroxyl groups is 1. The normalized spacial score (nSPS) is 10.6. The van der Waals surface area contributed by atoms with Gasteiger partial charge in [0.15, 0.2) is 0 Å². The molecule has 2 N–H and O–H groups in total. The van der Waals surface area contributed by atoms with Crippen LogP contribution in [0.5, 0.6) is 0 Å². The molecule has 6 heteroatoms. The Morgan fingerprint density at radius 3 is 2.95 bits per heavy atom. The Kier molecular flexibility index (Phi) is 5.05. The van der Waals surface area contributed by atoms with Gasteiger partial charge in [-0.25, -0.2) is 4.68 Å². The molecule has 2 rings (SSSR count). The molecule has 0 fully saturated rings. The summed E-state index contributed by atoms with van der Waals surface area (Å²) in [6, 6.07) is 5.98.